The van der Waals surface area contributed by atoms with Crippen LogP contribution in [-0.2, 0) is 4.79 Å². The molecule has 2 aromatic carbocycles. The van der Waals surface area contributed by atoms with Gasteiger partial charge in [-0.25, -0.2) is 0 Å². The summed E-state index contributed by atoms with van der Waals surface area (Å²) in [5.41, 5.74) is 8.11. The van der Waals surface area contributed by atoms with Gasteiger partial charge in [0.1, 0.15) is 5.69 Å². The monoisotopic (exact) mass is 486 g/mol. The van der Waals surface area contributed by atoms with Crippen LogP contribution in [0.4, 0.5) is 5.69 Å². The highest BCUT2D eigenvalue weighted by molar-refractivity contribution is 6.02. The van der Waals surface area contributed by atoms with Crippen molar-refractivity contribution in [3.8, 4) is 33.6 Å². The minimum Gasteiger partial charge on any atom is -0.353 e. The molecule has 7 nitrogen and oxygen atoms in total. The number of nitrogens with one attached hydrogen (secondary N) is 3. The lowest BCUT2D eigenvalue weighted by Crippen LogP contribution is -2.27. The Morgan fingerprint density at radius 3 is 2.46 bits per heavy atom. The molecular weight excluding hydrogens is 460 g/mol. The largest absolute Gasteiger partial charge is 0.353 e. The van der Waals surface area contributed by atoms with Crippen molar-refractivity contribution in [1.29, 1.82) is 0 Å². The minimum absolute atomic E-state index is 0.0519. The highest BCUT2D eigenvalue weighted by Crippen LogP contribution is 2.35. The van der Waals surface area contributed by atoms with Crippen LogP contribution >= 0.6 is 0 Å². The number of H-pyrrole nitrogens is 2. The topological polar surface area (TPSA) is 99.3 Å². The normalized spacial score (nSPS) is 11.8. The number of hydrogen-bond donors (Lipinski definition) is 3. The van der Waals surface area contributed by atoms with Crippen LogP contribution in [0.1, 0.15) is 20.8 Å². The third kappa shape index (κ3) is 4.25. The van der Waals surface area contributed by atoms with E-state index in [1.54, 1.807) is 12.4 Å². The molecule has 0 aliphatic carbocycles. The Hall–Kier alpha value is -4.78. The molecule has 3 N–H and O–H groups in total. The van der Waals surface area contributed by atoms with Crippen LogP contribution in [0.2, 0.25) is 0 Å². The second-order valence-corrected chi connectivity index (χ2v) is 10.2. The maximum Gasteiger partial charge on any atom is 0.229 e. The van der Waals surface area contributed by atoms with Crippen LogP contribution < -0.4 is 5.32 Å². The zero-order valence-electron chi connectivity index (χ0n) is 20.8. The summed E-state index contributed by atoms with van der Waals surface area (Å²) < 4.78 is 0. The fourth-order valence-electron chi connectivity index (χ4n) is 4.45. The van der Waals surface area contributed by atoms with Crippen molar-refractivity contribution in [2.24, 2.45) is 5.41 Å². The Bertz CT molecular complexity index is 1760. The Morgan fingerprint density at radius 1 is 0.811 bits per heavy atom. The number of aromatic amines is 2. The molecule has 0 fully saturated rings. The van der Waals surface area contributed by atoms with Gasteiger partial charge in [-0.1, -0.05) is 39.0 Å². The summed E-state index contributed by atoms with van der Waals surface area (Å²) in [5.74, 6) is -0.0519. The lowest BCUT2D eigenvalue weighted by atomic mass is 9.95. The molecule has 0 saturated carbocycles. The van der Waals surface area contributed by atoms with Crippen LogP contribution in [0.25, 0.3) is 55.4 Å². The average molecular weight is 487 g/mol. The van der Waals surface area contributed by atoms with Gasteiger partial charge >= 0.3 is 0 Å². The number of hydrogen-bond acceptors (Lipinski definition) is 4. The van der Waals surface area contributed by atoms with E-state index in [2.05, 4.69) is 60.8 Å². The summed E-state index contributed by atoms with van der Waals surface area (Å²) in [7, 11) is 0. The zero-order chi connectivity index (χ0) is 25.6. The second kappa shape index (κ2) is 8.71. The first kappa shape index (κ1) is 22.7. The standard InChI is InChI=1S/C30H26N6O/c1-30(2,3)29(37)33-21-13-20(16-32-17-21)19-7-8-26-24(14-19)28(36-35-26)27-15-23-22(5-4-6-25(23)34-27)18-9-11-31-12-10-18/h4-17,34H,1-3H3,(H,33,37)(H,35,36). The Labute approximate surface area is 214 Å². The molecule has 6 rings (SSSR count). The summed E-state index contributed by atoms with van der Waals surface area (Å²) >= 11 is 0. The van der Waals surface area contributed by atoms with Gasteiger partial charge < -0.3 is 10.3 Å². The molecule has 6 aromatic rings. The van der Waals surface area contributed by atoms with E-state index in [1.165, 1.54) is 0 Å². The number of carbonyl (C=O) groups excluding carboxylic acids is 1. The molecule has 4 aromatic heterocycles. The van der Waals surface area contributed by atoms with Gasteiger partial charge in [0.15, 0.2) is 0 Å². The van der Waals surface area contributed by atoms with E-state index in [1.807, 2.05) is 63.5 Å². The SMILES string of the molecule is CC(C)(C)C(=O)Nc1cncc(-c2ccc3[nH]nc(-c4cc5c(-c6ccncc6)cccc5[nH]4)c3c2)c1. The van der Waals surface area contributed by atoms with Crippen molar-refractivity contribution >= 4 is 33.4 Å². The third-order valence-corrected chi connectivity index (χ3v) is 6.48. The van der Waals surface area contributed by atoms with Crippen LogP contribution in [0, 0.1) is 5.41 Å². The molecule has 0 saturated heterocycles. The van der Waals surface area contributed by atoms with Crippen molar-refractivity contribution in [2.75, 3.05) is 5.32 Å². The molecule has 0 aliphatic rings. The highest BCUT2D eigenvalue weighted by atomic mass is 16.2. The van der Waals surface area contributed by atoms with Gasteiger partial charge in [-0.05, 0) is 59.2 Å². The van der Waals surface area contributed by atoms with Gasteiger partial charge in [0.2, 0.25) is 5.91 Å². The fourth-order valence-corrected chi connectivity index (χ4v) is 4.45. The molecule has 0 atom stereocenters. The lowest BCUT2D eigenvalue weighted by Gasteiger charge is -2.17. The smallest absolute Gasteiger partial charge is 0.229 e. The van der Waals surface area contributed by atoms with E-state index in [4.69, 9.17) is 0 Å². The van der Waals surface area contributed by atoms with Crippen molar-refractivity contribution in [2.45, 2.75) is 20.8 Å². The predicted molar refractivity (Wildman–Crippen MR) is 148 cm³/mol. The van der Waals surface area contributed by atoms with Gasteiger partial charge in [-0.3, -0.25) is 19.9 Å². The predicted octanol–water partition coefficient (Wildman–Crippen LogP) is 6.82. The second-order valence-electron chi connectivity index (χ2n) is 10.2. The van der Waals surface area contributed by atoms with E-state index in [-0.39, 0.29) is 5.91 Å². The number of rotatable bonds is 4. The molecule has 0 unspecified atom stereocenters. The zero-order valence-corrected chi connectivity index (χ0v) is 20.8. The van der Waals surface area contributed by atoms with Crippen molar-refractivity contribution in [3.63, 3.8) is 0 Å². The van der Waals surface area contributed by atoms with Crippen LogP contribution in [-0.4, -0.2) is 31.1 Å². The first-order valence-electron chi connectivity index (χ1n) is 12.1. The van der Waals surface area contributed by atoms with E-state index in [0.717, 1.165) is 55.4 Å². The van der Waals surface area contributed by atoms with Gasteiger partial charge in [0.05, 0.1) is 23.1 Å². The van der Waals surface area contributed by atoms with Gasteiger partial charge in [-0.2, -0.15) is 5.10 Å². The first-order chi connectivity index (χ1) is 17.9. The molecule has 7 heteroatoms. The Morgan fingerprint density at radius 2 is 1.65 bits per heavy atom. The summed E-state index contributed by atoms with van der Waals surface area (Å²) in [6.45, 7) is 5.66. The van der Waals surface area contributed by atoms with Crippen molar-refractivity contribution < 1.29 is 4.79 Å². The van der Waals surface area contributed by atoms with Crippen molar-refractivity contribution in [1.82, 2.24) is 25.1 Å². The molecule has 0 bridgehead atoms. The number of carbonyl (C=O) groups is 1. The van der Waals surface area contributed by atoms with Gasteiger partial charge in [0, 0.05) is 45.9 Å². The summed E-state index contributed by atoms with van der Waals surface area (Å²) in [6.07, 6.45) is 7.09. The quantitative estimate of drug-likeness (QED) is 0.255. The summed E-state index contributed by atoms with van der Waals surface area (Å²) in [5, 5.41) is 12.9. The van der Waals surface area contributed by atoms with Crippen LogP contribution in [0.3, 0.4) is 0 Å². The third-order valence-electron chi connectivity index (χ3n) is 6.48. The fraction of sp³-hybridized carbons (Fsp3) is 0.133. The molecule has 1 amide bonds. The molecule has 4 heterocycles. The maximum absolute atomic E-state index is 12.5. The number of aromatic nitrogens is 5. The maximum atomic E-state index is 12.5. The molecule has 37 heavy (non-hydrogen) atoms. The molecule has 0 radical (unpaired) electrons. The summed E-state index contributed by atoms with van der Waals surface area (Å²) in [4.78, 5) is 24.5. The molecule has 182 valence electrons. The minimum atomic E-state index is -0.489. The van der Waals surface area contributed by atoms with Gasteiger partial charge in [0.25, 0.3) is 0 Å². The van der Waals surface area contributed by atoms with E-state index in [0.29, 0.717) is 5.69 Å². The molecule has 0 spiro atoms. The van der Waals surface area contributed by atoms with Crippen LogP contribution in [0.15, 0.2) is 85.5 Å². The Kier molecular flexibility index (Phi) is 5.34. The van der Waals surface area contributed by atoms with Crippen molar-refractivity contribution in [3.05, 3.63) is 85.5 Å². The number of benzene rings is 2. The van der Waals surface area contributed by atoms with E-state index < -0.39 is 5.41 Å². The van der Waals surface area contributed by atoms with Crippen LogP contribution in [0.5, 0.6) is 0 Å². The first-order valence-corrected chi connectivity index (χ1v) is 12.1. The lowest BCUT2D eigenvalue weighted by molar-refractivity contribution is -0.123. The highest BCUT2D eigenvalue weighted by Gasteiger charge is 2.21. The number of amides is 1. The van der Waals surface area contributed by atoms with Gasteiger partial charge in [-0.15, -0.1) is 0 Å². The number of nitrogens with zero attached hydrogens (tertiary/aromatic N) is 3. The summed E-state index contributed by atoms with van der Waals surface area (Å²) in [6, 6.07) is 20.5. The number of anilines is 1. The molecular formula is C30H26N6O. The van der Waals surface area contributed by atoms with E-state index in [9.17, 15) is 4.79 Å². The Balaban J connectivity index is 1.40. The van der Waals surface area contributed by atoms with E-state index >= 15 is 0 Å². The molecule has 0 aliphatic heterocycles. The number of fused-ring (bicyclic) bond motifs is 2. The average Bonchev–Trinajstić information content (AvgIpc) is 3.52. The number of pyridine rings is 2.